The first kappa shape index (κ1) is 14.0. The highest BCUT2D eigenvalue weighted by atomic mass is 16.5. The zero-order chi connectivity index (χ0) is 16.3. The molecule has 3 fully saturated rings. The Labute approximate surface area is 138 Å². The molecule has 3 aliphatic heterocycles. The van der Waals surface area contributed by atoms with Gasteiger partial charge in [0.05, 0.1) is 24.6 Å². The third-order valence-corrected chi connectivity index (χ3v) is 5.48. The number of hydrogen-bond donors (Lipinski definition) is 0. The molecule has 2 aromatic rings. The summed E-state index contributed by atoms with van der Waals surface area (Å²) in [5.41, 5.74) is 0.311. The summed E-state index contributed by atoms with van der Waals surface area (Å²) in [4.78, 5) is 28.6. The van der Waals surface area contributed by atoms with Crippen molar-refractivity contribution in [2.45, 2.75) is 31.2 Å². The maximum atomic E-state index is 12.8. The van der Waals surface area contributed by atoms with E-state index >= 15 is 0 Å². The lowest BCUT2D eigenvalue weighted by Gasteiger charge is -2.31. The van der Waals surface area contributed by atoms with Crippen LogP contribution < -0.4 is 0 Å². The van der Waals surface area contributed by atoms with Crippen LogP contribution in [0.4, 0.5) is 0 Å². The van der Waals surface area contributed by atoms with E-state index in [0.717, 1.165) is 10.9 Å². The number of amides is 2. The minimum Gasteiger partial charge on any atom is -0.351 e. The van der Waals surface area contributed by atoms with E-state index in [4.69, 9.17) is 4.74 Å². The number of carbonyl (C=O) groups is 2. The van der Waals surface area contributed by atoms with Crippen molar-refractivity contribution >= 4 is 22.7 Å². The van der Waals surface area contributed by atoms with Gasteiger partial charge in [-0.25, -0.2) is 0 Å². The van der Waals surface area contributed by atoms with Crippen molar-refractivity contribution in [1.29, 1.82) is 0 Å². The zero-order valence-electron chi connectivity index (χ0n) is 13.2. The number of rotatable bonds is 2. The van der Waals surface area contributed by atoms with E-state index in [-0.39, 0.29) is 24.4 Å². The van der Waals surface area contributed by atoms with Crippen molar-refractivity contribution in [3.8, 4) is 0 Å². The normalized spacial score (nSPS) is 28.7. The van der Waals surface area contributed by atoms with Gasteiger partial charge in [0.25, 0.3) is 0 Å². The van der Waals surface area contributed by atoms with Crippen molar-refractivity contribution in [2.75, 3.05) is 19.7 Å². The van der Waals surface area contributed by atoms with Gasteiger partial charge in [-0.1, -0.05) is 18.2 Å². The number of hydrogen-bond acceptors (Lipinski definition) is 4. The lowest BCUT2D eigenvalue weighted by Crippen LogP contribution is -2.49. The number of fused-ring (bicyclic) bond motifs is 1. The van der Waals surface area contributed by atoms with Crippen molar-refractivity contribution in [3.63, 3.8) is 0 Å². The molecular weight excluding hydrogens is 308 g/mol. The molecule has 2 atom stereocenters. The average molecular weight is 326 g/mol. The van der Waals surface area contributed by atoms with Crippen LogP contribution in [0.5, 0.6) is 0 Å². The summed E-state index contributed by atoms with van der Waals surface area (Å²) in [6, 6.07) is 7.64. The molecule has 124 valence electrons. The molecule has 0 radical (unpaired) electrons. The molecule has 1 aromatic carbocycles. The maximum absolute atomic E-state index is 12.8. The number of likely N-dealkylation sites (tertiary alicyclic amines) is 1. The molecule has 7 heteroatoms. The molecule has 2 amide bonds. The Bertz CT molecular complexity index is 814. The smallest absolute Gasteiger partial charge is 0.244 e. The van der Waals surface area contributed by atoms with Crippen LogP contribution in [0.2, 0.25) is 0 Å². The Morgan fingerprint density at radius 3 is 3.08 bits per heavy atom. The van der Waals surface area contributed by atoms with Crippen molar-refractivity contribution < 1.29 is 14.3 Å². The van der Waals surface area contributed by atoms with Crippen LogP contribution in [0.25, 0.3) is 10.9 Å². The van der Waals surface area contributed by atoms with Gasteiger partial charge in [0, 0.05) is 31.1 Å². The van der Waals surface area contributed by atoms with Gasteiger partial charge >= 0.3 is 0 Å². The lowest BCUT2D eigenvalue weighted by atomic mass is 10.1. The molecule has 1 aromatic heterocycles. The minimum atomic E-state index is -0.568. The number of nitrogens with zero attached hydrogens (tertiary/aromatic N) is 4. The predicted molar refractivity (Wildman–Crippen MR) is 84.9 cm³/mol. The highest BCUT2D eigenvalue weighted by Gasteiger charge is 2.62. The second-order valence-corrected chi connectivity index (χ2v) is 6.68. The molecular formula is C17H18N4O3. The monoisotopic (exact) mass is 326 g/mol. The van der Waals surface area contributed by atoms with Gasteiger partial charge in [-0.05, 0) is 6.07 Å². The summed E-state index contributed by atoms with van der Waals surface area (Å²) >= 11 is 0. The maximum Gasteiger partial charge on any atom is 0.244 e. The highest BCUT2D eigenvalue weighted by molar-refractivity contribution is 5.85. The number of benzene rings is 1. The number of ether oxygens (including phenoxy) is 1. The summed E-state index contributed by atoms with van der Waals surface area (Å²) in [5.74, 6) is 0.0923. The van der Waals surface area contributed by atoms with E-state index in [1.165, 1.54) is 0 Å². The van der Waals surface area contributed by atoms with Gasteiger partial charge in [-0.2, -0.15) is 5.10 Å². The van der Waals surface area contributed by atoms with E-state index in [2.05, 4.69) is 5.10 Å². The Hall–Kier alpha value is -2.41. The van der Waals surface area contributed by atoms with Gasteiger partial charge in [0.2, 0.25) is 11.8 Å². The van der Waals surface area contributed by atoms with Crippen LogP contribution in [0, 0.1) is 0 Å². The fourth-order valence-electron chi connectivity index (χ4n) is 4.42. The second kappa shape index (κ2) is 4.80. The molecule has 24 heavy (non-hydrogen) atoms. The van der Waals surface area contributed by atoms with Crippen LogP contribution in [0.1, 0.15) is 12.8 Å². The fourth-order valence-corrected chi connectivity index (χ4v) is 4.42. The number of carbonyl (C=O) groups excluding carboxylic acids is 2. The van der Waals surface area contributed by atoms with Crippen LogP contribution >= 0.6 is 0 Å². The molecule has 3 saturated heterocycles. The Kier molecular flexibility index (Phi) is 2.79. The first-order valence-corrected chi connectivity index (χ1v) is 8.33. The average Bonchev–Trinajstić information content (AvgIpc) is 3.28. The van der Waals surface area contributed by atoms with Crippen molar-refractivity contribution in [1.82, 2.24) is 19.6 Å². The lowest BCUT2D eigenvalue weighted by molar-refractivity contribution is -0.140. The van der Waals surface area contributed by atoms with Gasteiger partial charge < -0.3 is 14.5 Å². The van der Waals surface area contributed by atoms with Gasteiger partial charge in [0.15, 0.2) is 5.72 Å². The first-order chi connectivity index (χ1) is 11.7. The first-order valence-electron chi connectivity index (χ1n) is 8.33. The van der Waals surface area contributed by atoms with E-state index in [1.807, 2.05) is 40.3 Å². The molecule has 1 spiro atoms. The summed E-state index contributed by atoms with van der Waals surface area (Å²) in [5, 5.41) is 5.47. The SMILES string of the molecule is O=C(Cn1cc2ccccc2n1)N1CC[C@@]23OCCN2C(=O)C[C@@H]13. The van der Waals surface area contributed by atoms with Crippen LogP contribution in [0.3, 0.4) is 0 Å². The van der Waals surface area contributed by atoms with Gasteiger partial charge in [-0.15, -0.1) is 0 Å². The summed E-state index contributed by atoms with van der Waals surface area (Å²) in [6.45, 7) is 2.03. The molecule has 4 heterocycles. The molecule has 5 rings (SSSR count). The highest BCUT2D eigenvalue weighted by Crippen LogP contribution is 2.45. The molecule has 0 unspecified atom stereocenters. The summed E-state index contributed by atoms with van der Waals surface area (Å²) < 4.78 is 7.61. The Morgan fingerprint density at radius 2 is 2.21 bits per heavy atom. The second-order valence-electron chi connectivity index (χ2n) is 6.68. The Morgan fingerprint density at radius 1 is 1.33 bits per heavy atom. The van der Waals surface area contributed by atoms with Crippen molar-refractivity contribution in [2.24, 2.45) is 0 Å². The minimum absolute atomic E-state index is 0.00479. The molecule has 3 aliphatic rings. The van der Waals surface area contributed by atoms with E-state index in [0.29, 0.717) is 32.5 Å². The standard InChI is InChI=1S/C17H18N4O3/c22-15-9-14-17(21(15)7-8-24-17)5-6-20(14)16(23)11-19-10-12-3-1-2-4-13(12)18-19/h1-4,10,14H,5-9,11H2/t14-,17+/m1/s1. The van der Waals surface area contributed by atoms with Gasteiger partial charge in [0.1, 0.15) is 6.54 Å². The predicted octanol–water partition coefficient (Wildman–Crippen LogP) is 0.596. The fraction of sp³-hybridized carbons (Fsp3) is 0.471. The van der Waals surface area contributed by atoms with Crippen molar-refractivity contribution in [3.05, 3.63) is 30.5 Å². The zero-order valence-corrected chi connectivity index (χ0v) is 13.2. The summed E-state index contributed by atoms with van der Waals surface area (Å²) in [6.07, 6.45) is 2.96. The topological polar surface area (TPSA) is 67.7 Å². The van der Waals surface area contributed by atoms with Gasteiger partial charge in [-0.3, -0.25) is 14.3 Å². The largest absolute Gasteiger partial charge is 0.351 e. The Balaban J connectivity index is 1.39. The molecule has 0 aliphatic carbocycles. The van der Waals surface area contributed by atoms with Crippen LogP contribution in [-0.2, 0) is 20.9 Å². The third-order valence-electron chi connectivity index (χ3n) is 5.48. The molecule has 0 N–H and O–H groups in total. The number of aromatic nitrogens is 2. The molecule has 7 nitrogen and oxygen atoms in total. The molecule has 0 bridgehead atoms. The third kappa shape index (κ3) is 1.78. The van der Waals surface area contributed by atoms with E-state index < -0.39 is 5.72 Å². The summed E-state index contributed by atoms with van der Waals surface area (Å²) in [7, 11) is 0. The quantitative estimate of drug-likeness (QED) is 0.810. The van der Waals surface area contributed by atoms with Crippen LogP contribution in [-0.4, -0.2) is 62.9 Å². The molecule has 0 saturated carbocycles. The van der Waals surface area contributed by atoms with Crippen LogP contribution in [0.15, 0.2) is 30.5 Å². The van der Waals surface area contributed by atoms with E-state index in [9.17, 15) is 9.59 Å². The van der Waals surface area contributed by atoms with E-state index in [1.54, 1.807) is 4.68 Å².